The van der Waals surface area contributed by atoms with Gasteiger partial charge in [0.1, 0.15) is 0 Å². The summed E-state index contributed by atoms with van der Waals surface area (Å²) in [7, 11) is 1.99. The summed E-state index contributed by atoms with van der Waals surface area (Å²) in [6.45, 7) is 4.20. The first-order valence-corrected chi connectivity index (χ1v) is 8.15. The molecule has 0 aromatic carbocycles. The fourth-order valence-electron chi connectivity index (χ4n) is 4.56. The standard InChI is InChI=1S/C16H27NO3/c1-3-20-14-10-13(16(14)7-4-5-8-16)17(2)15(18)12-6-9-19-11-12/h12-14H,3-11H2,1-2H3. The van der Waals surface area contributed by atoms with Crippen molar-refractivity contribution in [1.29, 1.82) is 0 Å². The number of carbonyl (C=O) groups is 1. The summed E-state index contributed by atoms with van der Waals surface area (Å²) in [5, 5.41) is 0. The molecule has 20 heavy (non-hydrogen) atoms. The Morgan fingerprint density at radius 3 is 2.75 bits per heavy atom. The molecule has 1 aliphatic heterocycles. The minimum Gasteiger partial charge on any atom is -0.381 e. The van der Waals surface area contributed by atoms with Crippen LogP contribution in [0, 0.1) is 11.3 Å². The number of amides is 1. The fraction of sp³-hybridized carbons (Fsp3) is 0.938. The van der Waals surface area contributed by atoms with Crippen molar-refractivity contribution in [2.75, 3.05) is 26.9 Å². The lowest BCUT2D eigenvalue weighted by molar-refractivity contribution is -0.174. The Hall–Kier alpha value is -0.610. The molecule has 1 saturated heterocycles. The second kappa shape index (κ2) is 5.64. The SMILES string of the molecule is CCOC1CC(N(C)C(=O)C2CCOC2)C12CCCC2. The predicted octanol–water partition coefficient (Wildman–Crippen LogP) is 2.22. The van der Waals surface area contributed by atoms with Gasteiger partial charge < -0.3 is 14.4 Å². The van der Waals surface area contributed by atoms with Crippen LogP contribution in [0.2, 0.25) is 0 Å². The van der Waals surface area contributed by atoms with Crippen molar-refractivity contribution in [3.05, 3.63) is 0 Å². The summed E-state index contributed by atoms with van der Waals surface area (Å²) in [6, 6.07) is 0.384. The van der Waals surface area contributed by atoms with Crippen LogP contribution in [-0.2, 0) is 14.3 Å². The van der Waals surface area contributed by atoms with Crippen molar-refractivity contribution in [2.45, 2.75) is 57.6 Å². The van der Waals surface area contributed by atoms with Crippen molar-refractivity contribution in [2.24, 2.45) is 11.3 Å². The van der Waals surface area contributed by atoms with Gasteiger partial charge in [-0.2, -0.15) is 0 Å². The van der Waals surface area contributed by atoms with Gasteiger partial charge in [-0.05, 0) is 32.6 Å². The lowest BCUT2D eigenvalue weighted by atomic mass is 9.60. The molecule has 4 nitrogen and oxygen atoms in total. The molecule has 2 aliphatic carbocycles. The van der Waals surface area contributed by atoms with Crippen LogP contribution >= 0.6 is 0 Å². The van der Waals surface area contributed by atoms with Gasteiger partial charge in [0.2, 0.25) is 5.91 Å². The quantitative estimate of drug-likeness (QED) is 0.793. The summed E-state index contributed by atoms with van der Waals surface area (Å²) in [5.74, 6) is 0.373. The Morgan fingerprint density at radius 2 is 2.15 bits per heavy atom. The molecular formula is C16H27NO3. The molecule has 3 rings (SSSR count). The lowest BCUT2D eigenvalue weighted by Crippen LogP contribution is -2.64. The second-order valence-electron chi connectivity index (χ2n) is 6.65. The van der Waals surface area contributed by atoms with Crippen molar-refractivity contribution in [3.8, 4) is 0 Å². The van der Waals surface area contributed by atoms with E-state index in [2.05, 4.69) is 6.92 Å². The van der Waals surface area contributed by atoms with Gasteiger partial charge in [-0.15, -0.1) is 0 Å². The van der Waals surface area contributed by atoms with E-state index in [1.165, 1.54) is 25.7 Å². The molecule has 114 valence electrons. The number of ether oxygens (including phenoxy) is 2. The molecule has 0 aromatic heterocycles. The van der Waals surface area contributed by atoms with E-state index in [-0.39, 0.29) is 17.2 Å². The van der Waals surface area contributed by atoms with E-state index in [0.29, 0.717) is 18.8 Å². The summed E-state index contributed by atoms with van der Waals surface area (Å²) in [4.78, 5) is 14.6. The third-order valence-electron chi connectivity index (χ3n) is 5.74. The number of carbonyl (C=O) groups excluding carboxylic acids is 1. The molecule has 0 aromatic rings. The third kappa shape index (κ3) is 2.17. The summed E-state index contributed by atoms with van der Waals surface area (Å²) in [6.07, 6.45) is 7.29. The van der Waals surface area contributed by atoms with Crippen molar-refractivity contribution < 1.29 is 14.3 Å². The topological polar surface area (TPSA) is 38.8 Å². The molecule has 3 unspecified atom stereocenters. The van der Waals surface area contributed by atoms with E-state index in [4.69, 9.17) is 9.47 Å². The van der Waals surface area contributed by atoms with Gasteiger partial charge in [-0.25, -0.2) is 0 Å². The summed E-state index contributed by atoms with van der Waals surface area (Å²) >= 11 is 0. The minimum atomic E-state index is 0.0876. The first-order valence-electron chi connectivity index (χ1n) is 8.15. The summed E-state index contributed by atoms with van der Waals surface area (Å²) < 4.78 is 11.3. The molecule has 3 atom stereocenters. The van der Waals surface area contributed by atoms with E-state index in [9.17, 15) is 4.79 Å². The van der Waals surface area contributed by atoms with Crippen molar-refractivity contribution in [1.82, 2.24) is 4.90 Å². The molecule has 0 N–H and O–H groups in total. The van der Waals surface area contributed by atoms with Crippen LogP contribution in [0.1, 0.15) is 45.4 Å². The normalized spacial score (nSPS) is 35.2. The number of hydrogen-bond donors (Lipinski definition) is 0. The maximum Gasteiger partial charge on any atom is 0.228 e. The first-order chi connectivity index (χ1) is 9.69. The number of hydrogen-bond acceptors (Lipinski definition) is 3. The smallest absolute Gasteiger partial charge is 0.228 e. The van der Waals surface area contributed by atoms with E-state index in [1.807, 2.05) is 11.9 Å². The Balaban J connectivity index is 1.68. The molecule has 3 fully saturated rings. The minimum absolute atomic E-state index is 0.0876. The predicted molar refractivity (Wildman–Crippen MR) is 76.4 cm³/mol. The average molecular weight is 281 g/mol. The van der Waals surface area contributed by atoms with Gasteiger partial charge in [0.05, 0.1) is 18.6 Å². The monoisotopic (exact) mass is 281 g/mol. The highest BCUT2D eigenvalue weighted by atomic mass is 16.5. The van der Waals surface area contributed by atoms with E-state index >= 15 is 0 Å². The van der Waals surface area contributed by atoms with Crippen LogP contribution in [-0.4, -0.2) is 49.8 Å². The zero-order chi connectivity index (χ0) is 14.2. The molecular weight excluding hydrogens is 254 g/mol. The largest absolute Gasteiger partial charge is 0.381 e. The van der Waals surface area contributed by atoms with Crippen molar-refractivity contribution >= 4 is 5.91 Å². The Bertz CT molecular complexity index is 359. The Labute approximate surface area is 121 Å². The molecule has 3 aliphatic rings. The second-order valence-corrected chi connectivity index (χ2v) is 6.65. The van der Waals surface area contributed by atoms with E-state index < -0.39 is 0 Å². The van der Waals surface area contributed by atoms with Crippen molar-refractivity contribution in [3.63, 3.8) is 0 Å². The van der Waals surface area contributed by atoms with Gasteiger partial charge in [-0.3, -0.25) is 4.79 Å². The molecule has 1 amide bonds. The zero-order valence-electron chi connectivity index (χ0n) is 12.8. The fourth-order valence-corrected chi connectivity index (χ4v) is 4.56. The number of nitrogens with zero attached hydrogens (tertiary/aromatic N) is 1. The molecule has 0 bridgehead atoms. The molecule has 0 radical (unpaired) electrons. The van der Waals surface area contributed by atoms with Crippen LogP contribution in [0.15, 0.2) is 0 Å². The average Bonchev–Trinajstić information content (AvgIpc) is 3.13. The highest BCUT2D eigenvalue weighted by Gasteiger charge is 2.59. The Morgan fingerprint density at radius 1 is 1.40 bits per heavy atom. The highest BCUT2D eigenvalue weighted by Crippen LogP contribution is 2.56. The van der Waals surface area contributed by atoms with Gasteiger partial charge in [-0.1, -0.05) is 12.8 Å². The molecule has 2 saturated carbocycles. The summed E-state index contributed by atoms with van der Waals surface area (Å²) in [5.41, 5.74) is 0.250. The molecule has 4 heteroatoms. The van der Waals surface area contributed by atoms with Gasteiger partial charge in [0, 0.05) is 31.7 Å². The van der Waals surface area contributed by atoms with Crippen LogP contribution in [0.25, 0.3) is 0 Å². The van der Waals surface area contributed by atoms with Gasteiger partial charge >= 0.3 is 0 Å². The first kappa shape index (κ1) is 14.3. The number of rotatable bonds is 4. The molecule has 1 heterocycles. The molecule has 1 spiro atoms. The van der Waals surface area contributed by atoms with E-state index in [0.717, 1.165) is 26.1 Å². The van der Waals surface area contributed by atoms with Gasteiger partial charge in [0.15, 0.2) is 0 Å². The van der Waals surface area contributed by atoms with Crippen LogP contribution in [0.5, 0.6) is 0 Å². The maximum atomic E-state index is 12.6. The van der Waals surface area contributed by atoms with Gasteiger partial charge in [0.25, 0.3) is 0 Å². The maximum absolute atomic E-state index is 12.6. The lowest BCUT2D eigenvalue weighted by Gasteiger charge is -2.57. The van der Waals surface area contributed by atoms with Crippen LogP contribution in [0.4, 0.5) is 0 Å². The highest BCUT2D eigenvalue weighted by molar-refractivity contribution is 5.79. The van der Waals surface area contributed by atoms with E-state index in [1.54, 1.807) is 0 Å². The third-order valence-corrected chi connectivity index (χ3v) is 5.74. The van der Waals surface area contributed by atoms with Crippen LogP contribution < -0.4 is 0 Å². The Kier molecular flexibility index (Phi) is 4.04. The van der Waals surface area contributed by atoms with Crippen LogP contribution in [0.3, 0.4) is 0 Å². The zero-order valence-corrected chi connectivity index (χ0v) is 12.8.